The van der Waals surface area contributed by atoms with E-state index in [1.54, 1.807) is 6.07 Å². The SMILES string of the molecule is Cc1cc(C(N)=O)ccc1CN1CCN(CCO)CC1. The van der Waals surface area contributed by atoms with Gasteiger partial charge >= 0.3 is 0 Å². The Balaban J connectivity index is 1.93. The van der Waals surface area contributed by atoms with Gasteiger partial charge < -0.3 is 10.8 Å². The fourth-order valence-corrected chi connectivity index (χ4v) is 2.58. The van der Waals surface area contributed by atoms with E-state index in [-0.39, 0.29) is 12.5 Å². The van der Waals surface area contributed by atoms with Crippen LogP contribution in [0.2, 0.25) is 0 Å². The highest BCUT2D eigenvalue weighted by Crippen LogP contribution is 2.14. The Morgan fingerprint density at radius 3 is 2.45 bits per heavy atom. The van der Waals surface area contributed by atoms with E-state index in [9.17, 15) is 4.79 Å². The summed E-state index contributed by atoms with van der Waals surface area (Å²) in [7, 11) is 0. The van der Waals surface area contributed by atoms with Crippen molar-refractivity contribution in [3.8, 4) is 0 Å². The number of benzene rings is 1. The topological polar surface area (TPSA) is 69.8 Å². The molecule has 5 nitrogen and oxygen atoms in total. The Morgan fingerprint density at radius 1 is 1.25 bits per heavy atom. The van der Waals surface area contributed by atoms with Crippen molar-refractivity contribution < 1.29 is 9.90 Å². The van der Waals surface area contributed by atoms with Gasteiger partial charge in [0.1, 0.15) is 0 Å². The molecule has 0 atom stereocenters. The van der Waals surface area contributed by atoms with Crippen molar-refractivity contribution in [2.45, 2.75) is 13.5 Å². The monoisotopic (exact) mass is 277 g/mol. The summed E-state index contributed by atoms with van der Waals surface area (Å²) in [4.78, 5) is 15.8. The van der Waals surface area contributed by atoms with E-state index >= 15 is 0 Å². The van der Waals surface area contributed by atoms with Crippen LogP contribution in [-0.2, 0) is 6.54 Å². The molecule has 1 aliphatic rings. The molecule has 0 bridgehead atoms. The minimum atomic E-state index is -0.378. The standard InChI is InChI=1S/C15H23N3O2/c1-12-10-13(15(16)20)2-3-14(12)11-18-6-4-17(5-7-18)8-9-19/h2-3,10,19H,4-9,11H2,1H3,(H2,16,20). The molecule has 3 N–H and O–H groups in total. The number of nitrogens with two attached hydrogens (primary N) is 1. The summed E-state index contributed by atoms with van der Waals surface area (Å²) >= 11 is 0. The number of hydrogen-bond acceptors (Lipinski definition) is 4. The largest absolute Gasteiger partial charge is 0.395 e. The van der Waals surface area contributed by atoms with Gasteiger partial charge in [0.2, 0.25) is 5.91 Å². The quantitative estimate of drug-likeness (QED) is 0.807. The van der Waals surface area contributed by atoms with Crippen LogP contribution >= 0.6 is 0 Å². The lowest BCUT2D eigenvalue weighted by molar-refractivity contribution is 0.0999. The van der Waals surface area contributed by atoms with Crippen molar-refractivity contribution in [3.63, 3.8) is 0 Å². The Kier molecular flexibility index (Phi) is 5.11. The number of carbonyl (C=O) groups is 1. The molecular formula is C15H23N3O2. The first-order valence-corrected chi connectivity index (χ1v) is 7.05. The number of carbonyl (C=O) groups excluding carboxylic acids is 1. The van der Waals surface area contributed by atoms with Crippen LogP contribution in [0.25, 0.3) is 0 Å². The van der Waals surface area contributed by atoms with Crippen molar-refractivity contribution >= 4 is 5.91 Å². The third-order valence-corrected chi connectivity index (χ3v) is 3.90. The molecule has 1 aliphatic heterocycles. The van der Waals surface area contributed by atoms with Crippen LogP contribution in [-0.4, -0.2) is 60.1 Å². The van der Waals surface area contributed by atoms with E-state index in [0.29, 0.717) is 5.56 Å². The lowest BCUT2D eigenvalue weighted by Crippen LogP contribution is -2.46. The Labute approximate surface area is 120 Å². The van der Waals surface area contributed by atoms with Gasteiger partial charge in [0.05, 0.1) is 6.61 Å². The van der Waals surface area contributed by atoms with Crippen molar-refractivity contribution in [2.24, 2.45) is 5.73 Å². The van der Waals surface area contributed by atoms with E-state index in [0.717, 1.165) is 44.8 Å². The maximum absolute atomic E-state index is 11.1. The number of hydrogen-bond donors (Lipinski definition) is 2. The summed E-state index contributed by atoms with van der Waals surface area (Å²) in [6.07, 6.45) is 0. The normalized spacial score (nSPS) is 17.3. The van der Waals surface area contributed by atoms with Crippen molar-refractivity contribution in [1.29, 1.82) is 0 Å². The average molecular weight is 277 g/mol. The smallest absolute Gasteiger partial charge is 0.248 e. The molecule has 0 saturated carbocycles. The number of amides is 1. The lowest BCUT2D eigenvalue weighted by Gasteiger charge is -2.34. The zero-order chi connectivity index (χ0) is 14.5. The molecule has 0 spiro atoms. The van der Waals surface area contributed by atoms with Crippen LogP contribution in [0.3, 0.4) is 0 Å². The van der Waals surface area contributed by atoms with Gasteiger partial charge in [-0.1, -0.05) is 6.07 Å². The first-order chi connectivity index (χ1) is 9.60. The fraction of sp³-hybridized carbons (Fsp3) is 0.533. The molecule has 1 fully saturated rings. The number of aryl methyl sites for hydroxylation is 1. The summed E-state index contributed by atoms with van der Waals surface area (Å²) in [5.74, 6) is -0.378. The van der Waals surface area contributed by atoms with Crippen LogP contribution in [0.4, 0.5) is 0 Å². The molecule has 1 heterocycles. The molecule has 0 aromatic heterocycles. The molecule has 5 heteroatoms. The second-order valence-corrected chi connectivity index (χ2v) is 5.35. The summed E-state index contributed by atoms with van der Waals surface area (Å²) in [5, 5.41) is 8.93. The third kappa shape index (κ3) is 3.79. The molecule has 0 unspecified atom stereocenters. The van der Waals surface area contributed by atoms with E-state index in [4.69, 9.17) is 10.8 Å². The number of β-amino-alcohol motifs (C(OH)–C–C–N with tert-alkyl or cyclic N) is 1. The number of piperazine rings is 1. The zero-order valence-corrected chi connectivity index (χ0v) is 12.0. The van der Waals surface area contributed by atoms with Gasteiger partial charge in [-0.2, -0.15) is 0 Å². The van der Waals surface area contributed by atoms with Crippen LogP contribution in [0.5, 0.6) is 0 Å². The molecule has 1 aromatic rings. The Hall–Kier alpha value is -1.43. The molecule has 2 rings (SSSR count). The molecule has 1 amide bonds. The van der Waals surface area contributed by atoms with E-state index in [1.165, 1.54) is 5.56 Å². The summed E-state index contributed by atoms with van der Waals surface area (Å²) in [6, 6.07) is 5.65. The van der Waals surface area contributed by atoms with Crippen molar-refractivity contribution in [1.82, 2.24) is 9.80 Å². The highest BCUT2D eigenvalue weighted by Gasteiger charge is 2.17. The molecule has 1 saturated heterocycles. The Bertz CT molecular complexity index is 468. The van der Waals surface area contributed by atoms with E-state index < -0.39 is 0 Å². The third-order valence-electron chi connectivity index (χ3n) is 3.90. The van der Waals surface area contributed by atoms with Gasteiger partial charge in [-0.05, 0) is 30.2 Å². The molecule has 0 radical (unpaired) electrons. The van der Waals surface area contributed by atoms with Gasteiger partial charge in [-0.15, -0.1) is 0 Å². The number of primary amides is 1. The van der Waals surface area contributed by atoms with Crippen LogP contribution in [0.1, 0.15) is 21.5 Å². The van der Waals surface area contributed by atoms with E-state index in [1.807, 2.05) is 19.1 Å². The number of rotatable bonds is 5. The zero-order valence-electron chi connectivity index (χ0n) is 12.0. The lowest BCUT2D eigenvalue weighted by atomic mass is 10.0. The van der Waals surface area contributed by atoms with Gasteiger partial charge in [-0.3, -0.25) is 14.6 Å². The first-order valence-electron chi connectivity index (χ1n) is 7.05. The fourth-order valence-electron chi connectivity index (χ4n) is 2.58. The highest BCUT2D eigenvalue weighted by molar-refractivity contribution is 5.93. The number of aliphatic hydroxyl groups excluding tert-OH is 1. The minimum Gasteiger partial charge on any atom is -0.395 e. The number of aliphatic hydroxyl groups is 1. The van der Waals surface area contributed by atoms with Gasteiger partial charge in [-0.25, -0.2) is 0 Å². The summed E-state index contributed by atoms with van der Waals surface area (Å²) < 4.78 is 0. The van der Waals surface area contributed by atoms with Crippen LogP contribution < -0.4 is 5.73 Å². The predicted octanol–water partition coefficient (Wildman–Crippen LogP) is 0.204. The molecule has 1 aromatic carbocycles. The van der Waals surface area contributed by atoms with Gasteiger partial charge in [0, 0.05) is 44.8 Å². The first kappa shape index (κ1) is 15.0. The number of nitrogens with zero attached hydrogens (tertiary/aromatic N) is 2. The molecular weight excluding hydrogens is 254 g/mol. The van der Waals surface area contributed by atoms with E-state index in [2.05, 4.69) is 9.80 Å². The minimum absolute atomic E-state index is 0.230. The van der Waals surface area contributed by atoms with Crippen LogP contribution in [0.15, 0.2) is 18.2 Å². The Morgan fingerprint density at radius 2 is 1.90 bits per heavy atom. The average Bonchev–Trinajstić information content (AvgIpc) is 2.43. The van der Waals surface area contributed by atoms with Gasteiger partial charge in [0.25, 0.3) is 0 Å². The summed E-state index contributed by atoms with van der Waals surface area (Å²) in [6.45, 7) is 7.93. The maximum atomic E-state index is 11.1. The van der Waals surface area contributed by atoms with Crippen LogP contribution in [0, 0.1) is 6.92 Å². The molecule has 20 heavy (non-hydrogen) atoms. The van der Waals surface area contributed by atoms with Crippen molar-refractivity contribution in [3.05, 3.63) is 34.9 Å². The summed E-state index contributed by atoms with van der Waals surface area (Å²) in [5.41, 5.74) is 8.21. The van der Waals surface area contributed by atoms with Gasteiger partial charge in [0.15, 0.2) is 0 Å². The second-order valence-electron chi connectivity index (χ2n) is 5.35. The highest BCUT2D eigenvalue weighted by atomic mass is 16.3. The maximum Gasteiger partial charge on any atom is 0.248 e. The molecule has 0 aliphatic carbocycles. The second kappa shape index (κ2) is 6.83. The molecule has 110 valence electrons. The predicted molar refractivity (Wildman–Crippen MR) is 78.5 cm³/mol. The van der Waals surface area contributed by atoms with Crippen molar-refractivity contribution in [2.75, 3.05) is 39.3 Å².